The van der Waals surface area contributed by atoms with Gasteiger partial charge in [0, 0.05) is 51.2 Å². The van der Waals surface area contributed by atoms with Crippen molar-refractivity contribution in [1.82, 2.24) is 19.8 Å². The van der Waals surface area contributed by atoms with Crippen LogP contribution in [0.15, 0.2) is 61.1 Å². The molecule has 0 bridgehead atoms. The minimum Gasteiger partial charge on any atom is -0.457 e. The topological polar surface area (TPSA) is 70.6 Å². The predicted molar refractivity (Wildman–Crippen MR) is 121 cm³/mol. The molecular weight excluding hydrogens is 437 g/mol. The quantitative estimate of drug-likeness (QED) is 0.588. The Kier molecular flexibility index (Phi) is 6.86. The maximum absolute atomic E-state index is 12.4. The van der Waals surface area contributed by atoms with E-state index in [4.69, 9.17) is 27.9 Å². The highest BCUT2D eigenvalue weighted by atomic mass is 35.5. The summed E-state index contributed by atoms with van der Waals surface area (Å²) in [7, 11) is 0. The molecule has 1 N–H and O–H groups in total. The van der Waals surface area contributed by atoms with Crippen molar-refractivity contribution in [2.45, 2.75) is 6.54 Å². The first-order valence-electron chi connectivity index (χ1n) is 9.83. The molecule has 2 aromatic carbocycles. The Morgan fingerprint density at radius 2 is 1.81 bits per heavy atom. The average Bonchev–Trinajstić information content (AvgIpc) is 2.78. The van der Waals surface area contributed by atoms with Crippen LogP contribution in [-0.2, 0) is 6.54 Å². The molecule has 0 unspecified atom stereocenters. The van der Waals surface area contributed by atoms with Crippen molar-refractivity contribution in [3.63, 3.8) is 0 Å². The van der Waals surface area contributed by atoms with E-state index in [1.54, 1.807) is 35.5 Å². The van der Waals surface area contributed by atoms with Gasteiger partial charge < -0.3 is 9.64 Å². The number of piperazine rings is 1. The van der Waals surface area contributed by atoms with Gasteiger partial charge in [-0.1, -0.05) is 35.3 Å². The van der Waals surface area contributed by atoms with Gasteiger partial charge in [-0.3, -0.25) is 15.2 Å². The largest absolute Gasteiger partial charge is 0.457 e. The molecule has 7 nitrogen and oxygen atoms in total. The third-order valence-electron chi connectivity index (χ3n) is 4.89. The molecular formula is C22H21Cl2N5O2. The molecule has 1 saturated heterocycles. The number of urea groups is 1. The average molecular weight is 458 g/mol. The van der Waals surface area contributed by atoms with E-state index in [-0.39, 0.29) is 6.03 Å². The Morgan fingerprint density at radius 3 is 2.55 bits per heavy atom. The van der Waals surface area contributed by atoms with E-state index in [9.17, 15) is 4.79 Å². The lowest BCUT2D eigenvalue weighted by Gasteiger charge is -2.34. The summed E-state index contributed by atoms with van der Waals surface area (Å²) < 4.78 is 5.92. The molecule has 3 aromatic rings. The van der Waals surface area contributed by atoms with Gasteiger partial charge in [0.2, 0.25) is 0 Å². The van der Waals surface area contributed by atoms with Gasteiger partial charge in [-0.15, -0.1) is 0 Å². The van der Waals surface area contributed by atoms with Crippen molar-refractivity contribution in [1.29, 1.82) is 0 Å². The van der Waals surface area contributed by atoms with Crippen LogP contribution in [0.5, 0.6) is 11.5 Å². The molecule has 0 radical (unpaired) electrons. The molecule has 1 aliphatic heterocycles. The summed E-state index contributed by atoms with van der Waals surface area (Å²) in [5.74, 6) is 1.82. The van der Waals surface area contributed by atoms with Crippen molar-refractivity contribution in [3.8, 4) is 11.5 Å². The Morgan fingerprint density at radius 1 is 1.00 bits per heavy atom. The Hall–Kier alpha value is -2.87. The second kappa shape index (κ2) is 9.96. The van der Waals surface area contributed by atoms with Crippen LogP contribution < -0.4 is 10.1 Å². The number of amides is 2. The summed E-state index contributed by atoms with van der Waals surface area (Å²) in [6.45, 7) is 3.63. The van der Waals surface area contributed by atoms with Crippen molar-refractivity contribution >= 4 is 35.1 Å². The van der Waals surface area contributed by atoms with E-state index < -0.39 is 0 Å². The molecule has 0 saturated carbocycles. The number of hydrogen-bond donors (Lipinski definition) is 1. The molecule has 1 fully saturated rings. The van der Waals surface area contributed by atoms with E-state index in [1.807, 2.05) is 18.2 Å². The van der Waals surface area contributed by atoms with E-state index in [0.717, 1.165) is 30.9 Å². The first-order valence-corrected chi connectivity index (χ1v) is 10.6. The fourth-order valence-electron chi connectivity index (χ4n) is 3.30. The number of nitrogens with zero attached hydrogens (tertiary/aromatic N) is 4. The standard InChI is InChI=1S/C22H21Cl2N5O2/c23-19-5-4-18(13-20(19)24)31-17-3-1-2-16(12-17)15-28-8-10-29(11-9-28)22(30)27-21-14-25-6-7-26-21/h1-7,12-14H,8-11,15H2,(H,26,27,30). The minimum absolute atomic E-state index is 0.155. The molecule has 2 heterocycles. The van der Waals surface area contributed by atoms with Gasteiger partial charge in [0.1, 0.15) is 11.5 Å². The predicted octanol–water partition coefficient (Wildman–Crippen LogP) is 4.93. The van der Waals surface area contributed by atoms with Crippen molar-refractivity contribution < 1.29 is 9.53 Å². The first kappa shape index (κ1) is 21.4. The van der Waals surface area contributed by atoms with Crippen LogP contribution in [0.1, 0.15) is 5.56 Å². The van der Waals surface area contributed by atoms with E-state index in [0.29, 0.717) is 34.7 Å². The smallest absolute Gasteiger partial charge is 0.323 e. The van der Waals surface area contributed by atoms with Gasteiger partial charge in [0.25, 0.3) is 0 Å². The summed E-state index contributed by atoms with van der Waals surface area (Å²) in [6.07, 6.45) is 4.65. The summed E-state index contributed by atoms with van der Waals surface area (Å²) in [5.41, 5.74) is 1.13. The van der Waals surface area contributed by atoms with Gasteiger partial charge in [0.05, 0.1) is 16.2 Å². The van der Waals surface area contributed by atoms with Crippen LogP contribution >= 0.6 is 23.2 Å². The maximum atomic E-state index is 12.4. The molecule has 1 aliphatic rings. The van der Waals surface area contributed by atoms with Crippen molar-refractivity contribution in [2.24, 2.45) is 0 Å². The third-order valence-corrected chi connectivity index (χ3v) is 5.63. The highest BCUT2D eigenvalue weighted by Crippen LogP contribution is 2.29. The number of anilines is 1. The molecule has 160 valence electrons. The maximum Gasteiger partial charge on any atom is 0.323 e. The van der Waals surface area contributed by atoms with E-state index in [2.05, 4.69) is 26.3 Å². The number of nitrogens with one attached hydrogen (secondary N) is 1. The van der Waals surface area contributed by atoms with Crippen molar-refractivity contribution in [2.75, 3.05) is 31.5 Å². The van der Waals surface area contributed by atoms with Gasteiger partial charge >= 0.3 is 6.03 Å². The summed E-state index contributed by atoms with van der Waals surface area (Å²) in [4.78, 5) is 24.5. The molecule has 0 spiro atoms. The second-order valence-electron chi connectivity index (χ2n) is 7.11. The van der Waals surface area contributed by atoms with Crippen LogP contribution in [0.25, 0.3) is 0 Å². The summed E-state index contributed by atoms with van der Waals surface area (Å²) in [6, 6.07) is 13.0. The number of carbonyl (C=O) groups excluding carboxylic acids is 1. The number of ether oxygens (including phenoxy) is 1. The number of halogens is 2. The van der Waals surface area contributed by atoms with E-state index >= 15 is 0 Å². The molecule has 2 amide bonds. The molecule has 0 atom stereocenters. The van der Waals surface area contributed by atoms with Crippen LogP contribution in [-0.4, -0.2) is 52.0 Å². The normalized spacial score (nSPS) is 14.3. The fraction of sp³-hybridized carbons (Fsp3) is 0.227. The Bertz CT molecular complexity index is 1040. The van der Waals surface area contributed by atoms with Gasteiger partial charge in [-0.2, -0.15) is 0 Å². The number of benzene rings is 2. The van der Waals surface area contributed by atoms with Gasteiger partial charge in [-0.25, -0.2) is 9.78 Å². The number of rotatable bonds is 5. The number of hydrogen-bond acceptors (Lipinski definition) is 5. The van der Waals surface area contributed by atoms with Gasteiger partial charge in [0.15, 0.2) is 5.82 Å². The zero-order chi connectivity index (χ0) is 21.6. The third kappa shape index (κ3) is 5.85. The molecule has 4 rings (SSSR count). The molecule has 31 heavy (non-hydrogen) atoms. The first-order chi connectivity index (χ1) is 15.1. The molecule has 0 aliphatic carbocycles. The highest BCUT2D eigenvalue weighted by molar-refractivity contribution is 6.42. The van der Waals surface area contributed by atoms with Crippen molar-refractivity contribution in [3.05, 3.63) is 76.7 Å². The monoisotopic (exact) mass is 457 g/mol. The lowest BCUT2D eigenvalue weighted by Crippen LogP contribution is -2.49. The lowest BCUT2D eigenvalue weighted by molar-refractivity contribution is 0.143. The fourth-order valence-corrected chi connectivity index (χ4v) is 3.59. The Labute approximate surface area is 190 Å². The van der Waals surface area contributed by atoms with Crippen LogP contribution in [0.2, 0.25) is 10.0 Å². The zero-order valence-corrected chi connectivity index (χ0v) is 18.2. The summed E-state index contributed by atoms with van der Waals surface area (Å²) >= 11 is 12.0. The molecule has 9 heteroatoms. The second-order valence-corrected chi connectivity index (χ2v) is 7.92. The number of carbonyl (C=O) groups is 1. The molecule has 1 aromatic heterocycles. The highest BCUT2D eigenvalue weighted by Gasteiger charge is 2.21. The number of aromatic nitrogens is 2. The van der Waals surface area contributed by atoms with Crippen LogP contribution in [0.3, 0.4) is 0 Å². The van der Waals surface area contributed by atoms with Crippen LogP contribution in [0.4, 0.5) is 10.6 Å². The zero-order valence-electron chi connectivity index (χ0n) is 16.7. The van der Waals surface area contributed by atoms with Crippen LogP contribution in [0, 0.1) is 0 Å². The van der Waals surface area contributed by atoms with E-state index in [1.165, 1.54) is 6.20 Å². The minimum atomic E-state index is -0.155. The van der Waals surface area contributed by atoms with Gasteiger partial charge in [-0.05, 0) is 29.8 Å². The SMILES string of the molecule is O=C(Nc1cnccn1)N1CCN(Cc2cccc(Oc3ccc(Cl)c(Cl)c3)c2)CC1. The summed E-state index contributed by atoms with van der Waals surface area (Å²) in [5, 5.41) is 3.72. The Balaban J connectivity index is 1.30. The lowest BCUT2D eigenvalue weighted by atomic mass is 10.2.